The van der Waals surface area contributed by atoms with Crippen molar-refractivity contribution in [3.05, 3.63) is 182 Å². The molecule has 2 amide bonds. The number of nitrogens with zero attached hydrogens (tertiary/aromatic N) is 3. The third-order valence-electron chi connectivity index (χ3n) is 10.8. The largest absolute Gasteiger partial charge is 0.386 e. The predicted molar refractivity (Wildman–Crippen MR) is 272 cm³/mol. The molecule has 9 N–H and O–H groups in total. The summed E-state index contributed by atoms with van der Waals surface area (Å²) in [7, 11) is -0.109. The van der Waals surface area contributed by atoms with Crippen LogP contribution in [0.5, 0.6) is 0 Å². The van der Waals surface area contributed by atoms with Crippen molar-refractivity contribution in [3.8, 4) is 0 Å². The Morgan fingerprint density at radius 1 is 0.587 bits per heavy atom. The quantitative estimate of drug-likeness (QED) is 0.0369. The third kappa shape index (κ3) is 13.0. The van der Waals surface area contributed by atoms with Crippen molar-refractivity contribution in [2.45, 2.75) is 18.9 Å². The van der Waals surface area contributed by atoms with Crippen molar-refractivity contribution in [2.75, 3.05) is 39.5 Å². The number of carbonyl (C=O) groups excluding carboxylic acids is 2. The Kier molecular flexibility index (Phi) is 19.4. The van der Waals surface area contributed by atoms with Gasteiger partial charge in [-0.1, -0.05) is 109 Å². The molecule has 0 aliphatic carbocycles. The van der Waals surface area contributed by atoms with Crippen molar-refractivity contribution < 1.29 is 14.2 Å². The van der Waals surface area contributed by atoms with Crippen LogP contribution in [0.25, 0.3) is 0 Å². The van der Waals surface area contributed by atoms with Crippen LogP contribution in [0, 0.1) is 5.41 Å². The summed E-state index contributed by atoms with van der Waals surface area (Å²) in [6, 6.07) is 63.5. The van der Waals surface area contributed by atoms with Crippen LogP contribution in [0.1, 0.15) is 12.8 Å². The van der Waals surface area contributed by atoms with Crippen LogP contribution >= 0.6 is 26.9 Å². The minimum atomic E-state index is -1.91. The average Bonchev–Trinajstić information content (AvgIpc) is 3.28. The fourth-order valence-corrected chi connectivity index (χ4v) is 16.7. The number of hydrogen-bond donors (Lipinski definition) is 5. The number of amidine groups is 1. The van der Waals surface area contributed by atoms with Crippen LogP contribution in [0.3, 0.4) is 0 Å². The summed E-state index contributed by atoms with van der Waals surface area (Å²) < 4.78 is 1.85. The van der Waals surface area contributed by atoms with Crippen molar-refractivity contribution in [1.82, 2.24) is 4.90 Å². The van der Waals surface area contributed by atoms with E-state index in [1.807, 2.05) is 29.8 Å². The van der Waals surface area contributed by atoms with Crippen LogP contribution < -0.4 is 54.8 Å². The number of benzene rings is 6. The Balaban J connectivity index is 0.000000272. The molecular weight excluding hydrogens is 842 g/mol. The van der Waals surface area contributed by atoms with E-state index < -0.39 is 32.4 Å². The summed E-state index contributed by atoms with van der Waals surface area (Å²) >= 11 is 0. The maximum absolute atomic E-state index is 11.9. The smallest absolute Gasteiger partial charge is 0.336 e. The molecule has 10 nitrogen and oxygen atoms in total. The first kappa shape index (κ1) is 49.6. The normalized spacial score (nSPS) is 11.9. The molecule has 0 saturated heterocycles. The lowest BCUT2D eigenvalue weighted by atomic mass is 10.2. The predicted octanol–water partition coefficient (Wildman–Crippen LogP) is 4.40. The molecule has 6 aromatic carbocycles. The number of hydrogen-bond acceptors (Lipinski definition) is 4. The summed E-state index contributed by atoms with van der Waals surface area (Å²) in [5.74, 6) is -1.48. The molecule has 6 rings (SSSR count). The molecule has 0 aliphatic heterocycles. The first-order valence-corrected chi connectivity index (χ1v) is 24.6. The topological polar surface area (TPSA) is 181 Å². The van der Waals surface area contributed by atoms with Crippen LogP contribution in [0.4, 0.5) is 0 Å². The van der Waals surface area contributed by atoms with Gasteiger partial charge in [-0.2, -0.15) is 4.99 Å². The monoisotopic (exact) mass is 901 g/mol. The molecule has 326 valence electrons. The van der Waals surface area contributed by atoms with E-state index >= 15 is 0 Å². The van der Waals surface area contributed by atoms with Gasteiger partial charge in [0.05, 0.1) is 12.3 Å². The number of nitrogens with one attached hydrogen (secondary N) is 1. The van der Waals surface area contributed by atoms with E-state index in [1.54, 1.807) is 11.9 Å². The van der Waals surface area contributed by atoms with Crippen molar-refractivity contribution in [1.29, 1.82) is 5.41 Å². The zero-order valence-electron chi connectivity index (χ0n) is 36.0. The maximum atomic E-state index is 11.9. The van der Waals surface area contributed by atoms with Gasteiger partial charge < -0.3 is 22.9 Å². The number of rotatable bonds is 18. The average molecular weight is 902 g/mol. The molecule has 0 heterocycles. The Labute approximate surface area is 379 Å². The van der Waals surface area contributed by atoms with Gasteiger partial charge in [-0.15, -0.1) is 12.4 Å². The second-order valence-corrected chi connectivity index (χ2v) is 22.2. The highest BCUT2D eigenvalue weighted by atomic mass is 35.5. The Hall–Kier alpha value is -6.02. The summed E-state index contributed by atoms with van der Waals surface area (Å²) in [5.41, 5.74) is 21.7. The van der Waals surface area contributed by atoms with Crippen molar-refractivity contribution in [2.24, 2.45) is 27.9 Å². The number of carbonyl (C=O) groups is 2. The lowest BCUT2D eigenvalue weighted by molar-refractivity contribution is -0.491. The number of aliphatic imine (C=N–C) groups is 1. The zero-order chi connectivity index (χ0) is 44.4. The highest BCUT2D eigenvalue weighted by Crippen LogP contribution is 2.56. The molecule has 0 aliphatic rings. The van der Waals surface area contributed by atoms with Crippen molar-refractivity contribution >= 4 is 88.6 Å². The molecule has 6 aromatic rings. The molecular formula is C50H60ClN8O2P2+3. The Bertz CT molecular complexity index is 2180. The number of halogens is 1. The van der Waals surface area contributed by atoms with Gasteiger partial charge in [0.15, 0.2) is 5.96 Å². The molecule has 13 heteroatoms. The van der Waals surface area contributed by atoms with E-state index in [9.17, 15) is 9.59 Å². The van der Waals surface area contributed by atoms with E-state index in [0.717, 1.165) is 31.7 Å². The zero-order valence-corrected chi connectivity index (χ0v) is 38.6. The van der Waals surface area contributed by atoms with Crippen LogP contribution in [0.2, 0.25) is 0 Å². The summed E-state index contributed by atoms with van der Waals surface area (Å²) in [4.78, 5) is 29.0. The first-order valence-electron chi connectivity index (χ1n) is 20.6. The van der Waals surface area contributed by atoms with Crippen LogP contribution in [-0.2, 0) is 9.59 Å². The van der Waals surface area contributed by atoms with Gasteiger partial charge in [0, 0.05) is 13.0 Å². The van der Waals surface area contributed by atoms with Gasteiger partial charge >= 0.3 is 5.91 Å². The van der Waals surface area contributed by atoms with Gasteiger partial charge in [0.25, 0.3) is 0 Å². The second kappa shape index (κ2) is 24.6. The van der Waals surface area contributed by atoms with Gasteiger partial charge in [-0.3, -0.25) is 19.9 Å². The summed E-state index contributed by atoms with van der Waals surface area (Å²) in [6.07, 6.45) is 5.10. The molecule has 0 spiro atoms. The molecule has 0 radical (unpaired) electrons. The second-order valence-electron chi connectivity index (χ2n) is 15.0. The van der Waals surface area contributed by atoms with Crippen LogP contribution in [0.15, 0.2) is 187 Å². The van der Waals surface area contributed by atoms with Crippen molar-refractivity contribution in [3.63, 3.8) is 0 Å². The SMILES string of the molecule is CN(CCC[P+](c1ccccc1)(c1ccccc1)c1ccccc1)C(C(=N)N)C(N)=O.C[N+](=CC(=O)N=C(N)N)CCC[P+](c1ccccc1)(c1ccccc1)c1ccccc1.Cl. The minimum absolute atomic E-state index is 0. The lowest BCUT2D eigenvalue weighted by Crippen LogP contribution is -2.51. The van der Waals surface area contributed by atoms with Gasteiger partial charge in [0.2, 0.25) is 12.1 Å². The molecule has 0 saturated carbocycles. The Morgan fingerprint density at radius 2 is 0.889 bits per heavy atom. The van der Waals surface area contributed by atoms with E-state index in [0.29, 0.717) is 6.54 Å². The van der Waals surface area contributed by atoms with E-state index in [4.69, 9.17) is 28.3 Å². The minimum Gasteiger partial charge on any atom is -0.386 e. The molecule has 63 heavy (non-hydrogen) atoms. The summed E-state index contributed by atoms with van der Waals surface area (Å²) in [6.45, 7) is 1.33. The fraction of sp³-hybridized carbons (Fsp3) is 0.180. The van der Waals surface area contributed by atoms with Gasteiger partial charge in [-0.05, 0) is 86.3 Å². The highest BCUT2D eigenvalue weighted by Gasteiger charge is 2.46. The maximum Gasteiger partial charge on any atom is 0.336 e. The number of likely N-dealkylation sites (N-methyl/N-ethyl adjacent to an activating group) is 1. The van der Waals surface area contributed by atoms with E-state index in [-0.39, 0.29) is 24.2 Å². The standard InChI is InChI=1S/C25H28N4OP.C25H29N4OP.ClH/c1-29(20-24(30)28-25(26)27)18-11-19-31(21-12-5-2-6-13-21,22-14-7-3-8-15-22)23-16-9-4-10-17-23;1-29(23(24(26)27)25(28)30)18-11-19-31(20-12-5-2-6-13-20,21-14-7-3-8-15-21)22-16-9-4-10-17-22;/h2-10,12-17,20H,11,18-19H2,1H3,(H3-,26,27,28,30);2-10,12-17,23H,11,18-19H2,1H3,(H4-,26,27,28,30);1H/q+1;;/p+2. The van der Waals surface area contributed by atoms with Gasteiger partial charge in [0.1, 0.15) is 71.8 Å². The molecule has 0 aromatic heterocycles. The molecule has 1 unspecified atom stereocenters. The van der Waals surface area contributed by atoms with E-state index in [2.05, 4.69) is 169 Å². The molecule has 1 atom stereocenters. The highest BCUT2D eigenvalue weighted by molar-refractivity contribution is 7.96. The third-order valence-corrected chi connectivity index (χ3v) is 19.8. The van der Waals surface area contributed by atoms with Gasteiger partial charge in [-0.25, -0.2) is 4.58 Å². The van der Waals surface area contributed by atoms with Crippen LogP contribution in [-0.4, -0.2) is 84.9 Å². The number of guanidine groups is 1. The molecule has 0 bridgehead atoms. The lowest BCUT2D eigenvalue weighted by Gasteiger charge is -2.29. The number of amides is 2. The summed E-state index contributed by atoms with van der Waals surface area (Å²) in [5, 5.41) is 15.8. The van der Waals surface area contributed by atoms with E-state index in [1.165, 1.54) is 38.0 Å². The first-order chi connectivity index (χ1) is 30.0. The molecule has 0 fully saturated rings. The Morgan fingerprint density at radius 3 is 1.16 bits per heavy atom. The number of primary amides is 1. The fourth-order valence-electron chi connectivity index (χ4n) is 8.02. The number of nitrogens with two attached hydrogens (primary N) is 4.